The van der Waals surface area contributed by atoms with Gasteiger partial charge in [-0.1, -0.05) is 5.16 Å². The Hall–Kier alpha value is -1.76. The molecule has 0 saturated heterocycles. The molecular formula is C17H27IN6O3S. The largest absolute Gasteiger partial charge is 0.462 e. The summed E-state index contributed by atoms with van der Waals surface area (Å²) in [6, 6.07) is -0.0957. The number of aromatic nitrogens is 3. The molecular weight excluding hydrogens is 495 g/mol. The minimum Gasteiger partial charge on any atom is -0.462 e. The van der Waals surface area contributed by atoms with Crippen LogP contribution >= 0.6 is 35.3 Å². The Morgan fingerprint density at radius 3 is 2.71 bits per heavy atom. The number of esters is 1. The number of thiazole rings is 1. The van der Waals surface area contributed by atoms with Crippen molar-refractivity contribution in [1.82, 2.24) is 25.8 Å². The highest BCUT2D eigenvalue weighted by molar-refractivity contribution is 14.0. The lowest BCUT2D eigenvalue weighted by Gasteiger charge is -2.16. The number of halogens is 1. The molecule has 11 heteroatoms. The predicted molar refractivity (Wildman–Crippen MR) is 118 cm³/mol. The molecule has 1 unspecified atom stereocenters. The minimum atomic E-state index is -0.329. The van der Waals surface area contributed by atoms with Gasteiger partial charge in [-0.3, -0.25) is 4.99 Å². The quantitative estimate of drug-likeness (QED) is 0.179. The second kappa shape index (κ2) is 11.9. The number of rotatable bonds is 8. The fraction of sp³-hybridized carbons (Fsp3) is 0.588. The van der Waals surface area contributed by atoms with Crippen LogP contribution in [0.3, 0.4) is 0 Å². The average molecular weight is 522 g/mol. The normalized spacial score (nSPS) is 12.2. The number of hydrogen-bond acceptors (Lipinski definition) is 8. The van der Waals surface area contributed by atoms with Crippen LogP contribution in [-0.2, 0) is 11.2 Å². The van der Waals surface area contributed by atoms with Gasteiger partial charge >= 0.3 is 5.97 Å². The van der Waals surface area contributed by atoms with Gasteiger partial charge in [0.05, 0.1) is 18.3 Å². The Morgan fingerprint density at radius 1 is 1.36 bits per heavy atom. The molecule has 28 heavy (non-hydrogen) atoms. The number of ether oxygens (including phenoxy) is 1. The maximum Gasteiger partial charge on any atom is 0.350 e. The first-order chi connectivity index (χ1) is 12.9. The number of hydrogen-bond donors (Lipinski definition) is 2. The molecule has 156 valence electrons. The van der Waals surface area contributed by atoms with Gasteiger partial charge < -0.3 is 19.9 Å². The molecule has 0 bridgehead atoms. The van der Waals surface area contributed by atoms with Crippen LogP contribution in [0.15, 0.2) is 9.52 Å². The first kappa shape index (κ1) is 24.3. The van der Waals surface area contributed by atoms with E-state index in [4.69, 9.17) is 9.26 Å². The van der Waals surface area contributed by atoms with E-state index in [9.17, 15) is 4.79 Å². The summed E-state index contributed by atoms with van der Waals surface area (Å²) in [6.07, 6.45) is 1.54. The van der Waals surface area contributed by atoms with Crippen molar-refractivity contribution in [3.8, 4) is 0 Å². The smallest absolute Gasteiger partial charge is 0.350 e. The van der Waals surface area contributed by atoms with E-state index in [1.807, 2.05) is 13.8 Å². The van der Waals surface area contributed by atoms with Crippen LogP contribution < -0.4 is 10.6 Å². The topological polar surface area (TPSA) is 115 Å². The van der Waals surface area contributed by atoms with Crippen molar-refractivity contribution in [2.24, 2.45) is 4.99 Å². The van der Waals surface area contributed by atoms with Crippen LogP contribution in [0.2, 0.25) is 0 Å². The Labute approximate surface area is 185 Å². The standard InChI is InChI=1S/C17H26N6O3S.HI/c1-6-25-16(24)14-10(2)20-15(27-14)11(3)21-17(18-5)19-9-7-8-13-22-12(4)23-26-13;/h11H,6-9H2,1-5H3,(H2,18,19,21);1H. The average Bonchev–Trinajstić information content (AvgIpc) is 3.23. The second-order valence-corrected chi connectivity index (χ2v) is 6.92. The highest BCUT2D eigenvalue weighted by Crippen LogP contribution is 2.24. The van der Waals surface area contributed by atoms with Gasteiger partial charge in [0, 0.05) is 20.0 Å². The lowest BCUT2D eigenvalue weighted by molar-refractivity contribution is 0.0531. The van der Waals surface area contributed by atoms with E-state index in [-0.39, 0.29) is 36.0 Å². The van der Waals surface area contributed by atoms with E-state index in [0.29, 0.717) is 47.8 Å². The third-order valence-corrected chi connectivity index (χ3v) is 4.97. The highest BCUT2D eigenvalue weighted by atomic mass is 127. The van der Waals surface area contributed by atoms with Crippen molar-refractivity contribution < 1.29 is 14.1 Å². The van der Waals surface area contributed by atoms with Crippen LogP contribution in [0.5, 0.6) is 0 Å². The van der Waals surface area contributed by atoms with Gasteiger partial charge in [-0.25, -0.2) is 9.78 Å². The zero-order valence-corrected chi connectivity index (χ0v) is 19.9. The molecule has 0 aliphatic heterocycles. The number of guanidine groups is 1. The third kappa shape index (κ3) is 7.00. The number of nitrogens with one attached hydrogen (secondary N) is 2. The molecule has 2 rings (SSSR count). The van der Waals surface area contributed by atoms with Gasteiger partial charge in [-0.15, -0.1) is 35.3 Å². The highest BCUT2D eigenvalue weighted by Gasteiger charge is 2.20. The first-order valence-corrected chi connectivity index (χ1v) is 9.67. The molecule has 0 aliphatic rings. The van der Waals surface area contributed by atoms with E-state index < -0.39 is 0 Å². The summed E-state index contributed by atoms with van der Waals surface area (Å²) in [4.78, 5) is 25.4. The number of aliphatic imine (C=N–C) groups is 1. The zero-order valence-electron chi connectivity index (χ0n) is 16.7. The first-order valence-electron chi connectivity index (χ1n) is 8.85. The maximum atomic E-state index is 11.9. The number of nitrogens with zero attached hydrogens (tertiary/aromatic N) is 4. The maximum absolute atomic E-state index is 11.9. The second-order valence-electron chi connectivity index (χ2n) is 5.89. The molecule has 2 aromatic rings. The van der Waals surface area contributed by atoms with Crippen molar-refractivity contribution in [3.05, 3.63) is 27.3 Å². The monoisotopic (exact) mass is 522 g/mol. The molecule has 0 aliphatic carbocycles. The molecule has 0 fully saturated rings. The zero-order chi connectivity index (χ0) is 19.8. The molecule has 2 aromatic heterocycles. The van der Waals surface area contributed by atoms with Gasteiger partial charge in [0.1, 0.15) is 9.88 Å². The molecule has 0 radical (unpaired) electrons. The SMILES string of the molecule is CCOC(=O)c1sc(C(C)NC(=NC)NCCCc2nc(C)no2)nc1C.I. The van der Waals surface area contributed by atoms with E-state index in [2.05, 4.69) is 30.8 Å². The van der Waals surface area contributed by atoms with Crippen LogP contribution in [0.1, 0.15) is 58.4 Å². The van der Waals surface area contributed by atoms with Crippen LogP contribution in [0.25, 0.3) is 0 Å². The molecule has 9 nitrogen and oxygen atoms in total. The number of carbonyl (C=O) groups excluding carboxylic acids is 1. The lowest BCUT2D eigenvalue weighted by atomic mass is 10.3. The van der Waals surface area contributed by atoms with Crippen LogP contribution in [0, 0.1) is 13.8 Å². The summed E-state index contributed by atoms with van der Waals surface area (Å²) in [5.41, 5.74) is 0.680. The Morgan fingerprint density at radius 2 is 2.11 bits per heavy atom. The van der Waals surface area contributed by atoms with Crippen molar-refractivity contribution in [3.63, 3.8) is 0 Å². The summed E-state index contributed by atoms with van der Waals surface area (Å²) in [6.45, 7) is 8.42. The Bertz CT molecular complexity index is 792. The van der Waals surface area contributed by atoms with E-state index in [1.54, 1.807) is 20.9 Å². The molecule has 1 atom stereocenters. The fourth-order valence-electron chi connectivity index (χ4n) is 2.34. The van der Waals surface area contributed by atoms with Crippen LogP contribution in [0.4, 0.5) is 0 Å². The molecule has 0 spiro atoms. The predicted octanol–water partition coefficient (Wildman–Crippen LogP) is 2.80. The van der Waals surface area contributed by atoms with Gasteiger partial charge in [-0.05, 0) is 34.1 Å². The summed E-state index contributed by atoms with van der Waals surface area (Å²) in [7, 11) is 1.71. The van der Waals surface area contributed by atoms with Gasteiger partial charge in [-0.2, -0.15) is 4.98 Å². The van der Waals surface area contributed by atoms with E-state index in [0.717, 1.165) is 11.4 Å². The Kier molecular flexibility index (Phi) is 10.4. The summed E-state index contributed by atoms with van der Waals surface area (Å²) in [5.74, 6) is 1.61. The van der Waals surface area contributed by atoms with Gasteiger partial charge in [0.2, 0.25) is 5.89 Å². The van der Waals surface area contributed by atoms with E-state index >= 15 is 0 Å². The van der Waals surface area contributed by atoms with Crippen molar-refractivity contribution in [2.75, 3.05) is 20.2 Å². The van der Waals surface area contributed by atoms with Crippen LogP contribution in [-0.4, -0.2) is 47.3 Å². The molecule has 0 saturated carbocycles. The Balaban J connectivity index is 0.00000392. The molecule has 0 amide bonds. The fourth-order valence-corrected chi connectivity index (χ4v) is 3.30. The summed E-state index contributed by atoms with van der Waals surface area (Å²) < 4.78 is 10.2. The third-order valence-electron chi connectivity index (χ3n) is 3.65. The van der Waals surface area contributed by atoms with Crippen molar-refractivity contribution >= 4 is 47.2 Å². The van der Waals surface area contributed by atoms with Crippen molar-refractivity contribution in [2.45, 2.75) is 46.6 Å². The lowest BCUT2D eigenvalue weighted by Crippen LogP contribution is -2.39. The molecule has 0 aromatic carbocycles. The van der Waals surface area contributed by atoms with Crippen molar-refractivity contribution in [1.29, 1.82) is 0 Å². The molecule has 2 N–H and O–H groups in total. The minimum absolute atomic E-state index is 0. The van der Waals surface area contributed by atoms with E-state index in [1.165, 1.54) is 11.3 Å². The number of carbonyl (C=O) groups is 1. The summed E-state index contributed by atoms with van der Waals surface area (Å²) in [5, 5.41) is 11.1. The van der Waals surface area contributed by atoms with Gasteiger partial charge in [0.25, 0.3) is 0 Å². The summed E-state index contributed by atoms with van der Waals surface area (Å²) >= 11 is 1.34. The number of aryl methyl sites for hydroxylation is 3. The molecule has 2 heterocycles. The van der Waals surface area contributed by atoms with Gasteiger partial charge in [0.15, 0.2) is 11.8 Å².